The molecular weight excluding hydrogens is 230 g/mol. The van der Waals surface area contributed by atoms with Gasteiger partial charge in [0.05, 0.1) is 6.54 Å². The lowest BCUT2D eigenvalue weighted by atomic mass is 10.3. The number of aromatic nitrogens is 2. The Morgan fingerprint density at radius 3 is 2.69 bits per heavy atom. The predicted octanol–water partition coefficient (Wildman–Crippen LogP) is 1.07. The van der Waals surface area contributed by atoms with Crippen molar-refractivity contribution in [2.45, 2.75) is 12.3 Å². The molecule has 0 unspecified atom stereocenters. The summed E-state index contributed by atoms with van der Waals surface area (Å²) in [6, 6.07) is 1.25. The van der Waals surface area contributed by atoms with Crippen LogP contribution in [0.25, 0.3) is 0 Å². The Morgan fingerprint density at radius 2 is 2.12 bits per heavy atom. The average molecular weight is 239 g/mol. The lowest BCUT2D eigenvalue weighted by Gasteiger charge is -2.16. The minimum Gasteiger partial charge on any atom is -0.364 e. The summed E-state index contributed by atoms with van der Waals surface area (Å²) in [5.41, 5.74) is 2.09. The lowest BCUT2D eigenvalue weighted by molar-refractivity contribution is -0.117. The second-order valence-electron chi connectivity index (χ2n) is 2.83. The molecule has 90 valence electrons. The number of rotatable bonds is 5. The maximum atomic E-state index is 12.5. The van der Waals surface area contributed by atoms with Crippen LogP contribution in [0.1, 0.15) is 0 Å². The second-order valence-corrected chi connectivity index (χ2v) is 2.83. The van der Waals surface area contributed by atoms with Gasteiger partial charge in [-0.25, -0.2) is 19.6 Å². The second kappa shape index (κ2) is 4.92. The fourth-order valence-corrected chi connectivity index (χ4v) is 0.812. The first kappa shape index (κ1) is 12.4. The molecular formula is C7H9F4N5. The number of hydrogen-bond acceptors (Lipinski definition) is 5. The standard InChI is InChI=1S/C7H9F4N5/c8-5(9)7(10,11)3-14-4-1-2-13-6(15-4)16-12/h1-2,5H,3,12H2,(H2,13,14,15,16). The third-order valence-corrected chi connectivity index (χ3v) is 1.61. The van der Waals surface area contributed by atoms with E-state index in [1.807, 2.05) is 0 Å². The van der Waals surface area contributed by atoms with E-state index in [2.05, 4.69) is 20.7 Å². The molecule has 4 N–H and O–H groups in total. The smallest absolute Gasteiger partial charge is 0.324 e. The molecule has 1 rings (SSSR count). The molecule has 0 bridgehead atoms. The van der Waals surface area contributed by atoms with Gasteiger partial charge in [-0.3, -0.25) is 5.43 Å². The van der Waals surface area contributed by atoms with Crippen molar-refractivity contribution in [3.05, 3.63) is 12.3 Å². The van der Waals surface area contributed by atoms with Crippen molar-refractivity contribution in [3.63, 3.8) is 0 Å². The monoisotopic (exact) mass is 239 g/mol. The molecule has 0 aromatic carbocycles. The maximum Gasteiger partial charge on any atom is 0.324 e. The molecule has 0 fully saturated rings. The van der Waals surface area contributed by atoms with Gasteiger partial charge in [-0.2, -0.15) is 13.8 Å². The van der Waals surface area contributed by atoms with Crippen LogP contribution in [0, 0.1) is 0 Å². The van der Waals surface area contributed by atoms with E-state index in [-0.39, 0.29) is 11.8 Å². The summed E-state index contributed by atoms with van der Waals surface area (Å²) in [5.74, 6) is 0.834. The van der Waals surface area contributed by atoms with Gasteiger partial charge in [0.25, 0.3) is 0 Å². The molecule has 1 heterocycles. The van der Waals surface area contributed by atoms with Crippen molar-refractivity contribution >= 4 is 11.8 Å². The maximum absolute atomic E-state index is 12.5. The highest BCUT2D eigenvalue weighted by Gasteiger charge is 2.40. The summed E-state index contributed by atoms with van der Waals surface area (Å²) in [6.45, 7) is -1.22. The summed E-state index contributed by atoms with van der Waals surface area (Å²) in [4.78, 5) is 7.23. The van der Waals surface area contributed by atoms with Crippen LogP contribution < -0.4 is 16.6 Å². The molecule has 1 aromatic heterocycles. The van der Waals surface area contributed by atoms with Gasteiger partial charge in [0.1, 0.15) is 5.82 Å². The highest BCUT2D eigenvalue weighted by Crippen LogP contribution is 2.22. The fourth-order valence-electron chi connectivity index (χ4n) is 0.812. The molecule has 0 aliphatic rings. The SMILES string of the molecule is NNc1nccc(NCC(F)(F)C(F)F)n1. The Kier molecular flexibility index (Phi) is 3.82. The van der Waals surface area contributed by atoms with Crippen LogP contribution in [0.15, 0.2) is 12.3 Å². The Balaban J connectivity index is 2.60. The Labute approximate surface area is 88.0 Å². The zero-order chi connectivity index (χ0) is 12.2. The summed E-state index contributed by atoms with van der Waals surface area (Å²) >= 11 is 0. The molecule has 0 aliphatic heterocycles. The Morgan fingerprint density at radius 1 is 1.44 bits per heavy atom. The van der Waals surface area contributed by atoms with Gasteiger partial charge < -0.3 is 5.32 Å². The molecule has 0 radical (unpaired) electrons. The topological polar surface area (TPSA) is 75.9 Å². The van der Waals surface area contributed by atoms with Crippen molar-refractivity contribution in [3.8, 4) is 0 Å². The van der Waals surface area contributed by atoms with Gasteiger partial charge in [-0.15, -0.1) is 0 Å². The van der Waals surface area contributed by atoms with Crippen molar-refractivity contribution in [2.75, 3.05) is 17.3 Å². The van der Waals surface area contributed by atoms with Gasteiger partial charge in [0, 0.05) is 6.20 Å². The summed E-state index contributed by atoms with van der Waals surface area (Å²) in [7, 11) is 0. The van der Waals surface area contributed by atoms with Gasteiger partial charge in [0.15, 0.2) is 0 Å². The van der Waals surface area contributed by atoms with Crippen molar-refractivity contribution in [1.82, 2.24) is 9.97 Å². The van der Waals surface area contributed by atoms with E-state index in [0.29, 0.717) is 0 Å². The van der Waals surface area contributed by atoms with Crippen LogP contribution in [-0.2, 0) is 0 Å². The molecule has 0 spiro atoms. The number of nitrogen functional groups attached to an aromatic ring is 1. The fraction of sp³-hybridized carbons (Fsp3) is 0.429. The van der Waals surface area contributed by atoms with Gasteiger partial charge in [-0.05, 0) is 6.07 Å². The van der Waals surface area contributed by atoms with Crippen molar-refractivity contribution in [1.29, 1.82) is 0 Å². The summed E-state index contributed by atoms with van der Waals surface area (Å²) < 4.78 is 48.6. The quantitative estimate of drug-likeness (QED) is 0.407. The lowest BCUT2D eigenvalue weighted by Crippen LogP contribution is -2.35. The number of hydrogen-bond donors (Lipinski definition) is 3. The third-order valence-electron chi connectivity index (χ3n) is 1.61. The first-order chi connectivity index (χ1) is 7.45. The van der Waals surface area contributed by atoms with Crippen LogP contribution in [0.2, 0.25) is 0 Å². The average Bonchev–Trinajstić information content (AvgIpc) is 2.26. The molecule has 0 amide bonds. The van der Waals surface area contributed by atoms with Crippen LogP contribution >= 0.6 is 0 Å². The number of anilines is 2. The van der Waals surface area contributed by atoms with E-state index < -0.39 is 18.9 Å². The number of nitrogens with zero attached hydrogens (tertiary/aromatic N) is 2. The van der Waals surface area contributed by atoms with Crippen LogP contribution in [-0.4, -0.2) is 28.9 Å². The number of hydrazine groups is 1. The van der Waals surface area contributed by atoms with E-state index in [0.717, 1.165) is 0 Å². The molecule has 9 heteroatoms. The third kappa shape index (κ3) is 3.19. The number of nitrogens with one attached hydrogen (secondary N) is 2. The number of nitrogens with two attached hydrogens (primary N) is 1. The minimum absolute atomic E-state index is 0.00892. The summed E-state index contributed by atoms with van der Waals surface area (Å²) in [6.07, 6.45) is -2.49. The van der Waals surface area contributed by atoms with Crippen LogP contribution in [0.3, 0.4) is 0 Å². The molecule has 0 saturated heterocycles. The molecule has 1 aromatic rings. The minimum atomic E-state index is -4.11. The number of halogens is 4. The van der Waals surface area contributed by atoms with Crippen LogP contribution in [0.4, 0.5) is 29.3 Å². The molecule has 0 aliphatic carbocycles. The van der Waals surface area contributed by atoms with E-state index in [4.69, 9.17) is 5.84 Å². The molecule has 0 atom stereocenters. The predicted molar refractivity (Wildman–Crippen MR) is 49.3 cm³/mol. The first-order valence-corrected chi connectivity index (χ1v) is 4.15. The first-order valence-electron chi connectivity index (χ1n) is 4.15. The van der Waals surface area contributed by atoms with E-state index in [9.17, 15) is 17.6 Å². The molecule has 0 saturated carbocycles. The van der Waals surface area contributed by atoms with Crippen molar-refractivity contribution < 1.29 is 17.6 Å². The zero-order valence-corrected chi connectivity index (χ0v) is 7.92. The van der Waals surface area contributed by atoms with Crippen LogP contribution in [0.5, 0.6) is 0 Å². The molecule has 5 nitrogen and oxygen atoms in total. The highest BCUT2D eigenvalue weighted by molar-refractivity contribution is 5.39. The van der Waals surface area contributed by atoms with E-state index in [1.54, 1.807) is 0 Å². The largest absolute Gasteiger partial charge is 0.364 e. The normalized spacial score (nSPS) is 11.6. The zero-order valence-electron chi connectivity index (χ0n) is 7.92. The van der Waals surface area contributed by atoms with E-state index >= 15 is 0 Å². The molecule has 16 heavy (non-hydrogen) atoms. The van der Waals surface area contributed by atoms with Gasteiger partial charge >= 0.3 is 12.3 Å². The van der Waals surface area contributed by atoms with Gasteiger partial charge in [0.2, 0.25) is 5.95 Å². The van der Waals surface area contributed by atoms with Gasteiger partial charge in [-0.1, -0.05) is 0 Å². The number of alkyl halides is 4. The Hall–Kier alpha value is -1.64. The van der Waals surface area contributed by atoms with E-state index in [1.165, 1.54) is 12.3 Å². The van der Waals surface area contributed by atoms with Crippen molar-refractivity contribution in [2.24, 2.45) is 5.84 Å². The summed E-state index contributed by atoms with van der Waals surface area (Å²) in [5, 5.41) is 2.06. The highest BCUT2D eigenvalue weighted by atomic mass is 19.3. The Bertz CT molecular complexity index is 345.